The van der Waals surface area contributed by atoms with Gasteiger partial charge in [-0.2, -0.15) is 0 Å². The molecule has 0 aliphatic carbocycles. The summed E-state index contributed by atoms with van der Waals surface area (Å²) in [6.07, 6.45) is 4.48. The molecule has 37 heavy (non-hydrogen) atoms. The molecular weight excluding hydrogens is 505 g/mol. The molecule has 2 saturated heterocycles. The van der Waals surface area contributed by atoms with E-state index in [1.54, 1.807) is 12.1 Å². The number of piperidine rings is 2. The first-order chi connectivity index (χ1) is 17.8. The van der Waals surface area contributed by atoms with Gasteiger partial charge < -0.3 is 5.11 Å². The molecule has 2 fully saturated rings. The van der Waals surface area contributed by atoms with Crippen LogP contribution in [0.25, 0.3) is 0 Å². The van der Waals surface area contributed by atoms with Crippen molar-refractivity contribution in [2.24, 2.45) is 0 Å². The zero-order valence-electron chi connectivity index (χ0n) is 21.3. The quantitative estimate of drug-likeness (QED) is 0.377. The van der Waals surface area contributed by atoms with Crippen LogP contribution < -0.4 is 4.90 Å². The highest BCUT2D eigenvalue weighted by Crippen LogP contribution is 2.46. The molecule has 2 aromatic carbocycles. The molecule has 3 heterocycles. The van der Waals surface area contributed by atoms with Crippen LogP contribution in [-0.2, 0) is 10.2 Å². The lowest BCUT2D eigenvalue weighted by atomic mass is 9.67. The van der Waals surface area contributed by atoms with E-state index in [1.165, 1.54) is 5.56 Å². The van der Waals surface area contributed by atoms with E-state index in [0.717, 1.165) is 37.1 Å². The Bertz CT molecular complexity index is 1280. The number of halogens is 2. The topological polar surface area (TPSA) is 56.7 Å². The fourth-order valence-electron chi connectivity index (χ4n) is 6.22. The summed E-state index contributed by atoms with van der Waals surface area (Å²) >= 11 is 12.9. The van der Waals surface area contributed by atoms with Crippen LogP contribution in [0.5, 0.6) is 5.75 Å². The van der Waals surface area contributed by atoms with Gasteiger partial charge in [0.25, 0.3) is 0 Å². The molecule has 0 radical (unpaired) electrons. The van der Waals surface area contributed by atoms with E-state index in [4.69, 9.17) is 28.2 Å². The van der Waals surface area contributed by atoms with Crippen molar-refractivity contribution in [1.82, 2.24) is 9.88 Å². The number of nitrogens with zero attached hydrogens (tertiary/aromatic N) is 3. The largest absolute Gasteiger partial charge is 0.508 e. The molecule has 1 aromatic heterocycles. The summed E-state index contributed by atoms with van der Waals surface area (Å²) in [5.74, 6) is 1.06. The minimum Gasteiger partial charge on any atom is -0.508 e. The van der Waals surface area contributed by atoms with Crippen LogP contribution in [0.2, 0.25) is 10.0 Å². The number of pyridine rings is 1. The second kappa shape index (κ2) is 10.6. The minimum absolute atomic E-state index is 0.0923. The van der Waals surface area contributed by atoms with Crippen molar-refractivity contribution < 1.29 is 9.90 Å². The molecule has 0 spiro atoms. The van der Waals surface area contributed by atoms with Crippen molar-refractivity contribution in [2.45, 2.75) is 63.5 Å². The molecular formula is C30H33Cl2N3O2. The van der Waals surface area contributed by atoms with Gasteiger partial charge in [0.05, 0.1) is 10.0 Å². The first kappa shape index (κ1) is 26.0. The number of aromatic nitrogens is 1. The Morgan fingerprint density at radius 3 is 2.57 bits per heavy atom. The van der Waals surface area contributed by atoms with Gasteiger partial charge >= 0.3 is 0 Å². The fraction of sp³-hybridized carbons (Fsp3) is 0.400. The number of carbonyl (C=O) groups is 1. The van der Waals surface area contributed by atoms with E-state index in [9.17, 15) is 9.90 Å². The average molecular weight is 539 g/mol. The predicted octanol–water partition coefficient (Wildman–Crippen LogP) is 7.08. The van der Waals surface area contributed by atoms with Gasteiger partial charge in [0.15, 0.2) is 0 Å². The number of hydrogen-bond donors (Lipinski definition) is 1. The lowest BCUT2D eigenvalue weighted by Gasteiger charge is -2.52. The Balaban J connectivity index is 1.59. The molecule has 7 heteroatoms. The second-order valence-corrected chi connectivity index (χ2v) is 11.2. The van der Waals surface area contributed by atoms with Crippen LogP contribution >= 0.6 is 23.2 Å². The standard InChI is InChI=1S/C30H33Cl2N3O2/c1-20-6-5-8-28(33-20)35-19-30(16-15-29(35)37,23-11-14-25(31)26(32)18-23)21(2)34-17-4-3-7-27(34)22-9-12-24(36)13-10-22/h5-6,8-14,18,21,27,36H,3-4,7,15-17,19H2,1-2H3/t21-,27-,30-/m0/s1. The van der Waals surface area contributed by atoms with Crippen LogP contribution in [0.15, 0.2) is 60.7 Å². The SMILES string of the molecule is Cc1cccc(N2C[C@](c3ccc(Cl)c(Cl)c3)([C@H](C)N3CCCC[C@H]3c3ccc(O)cc3)CCC2=O)n1. The summed E-state index contributed by atoms with van der Waals surface area (Å²) in [6, 6.07) is 19.7. The Morgan fingerprint density at radius 1 is 1.05 bits per heavy atom. The van der Waals surface area contributed by atoms with Crippen molar-refractivity contribution in [1.29, 1.82) is 0 Å². The Kier molecular flexibility index (Phi) is 7.49. The van der Waals surface area contributed by atoms with Crippen LogP contribution in [0.4, 0.5) is 5.82 Å². The third-order valence-corrected chi connectivity index (χ3v) is 9.03. The number of anilines is 1. The highest BCUT2D eigenvalue weighted by atomic mass is 35.5. The van der Waals surface area contributed by atoms with Gasteiger partial charge in [-0.05, 0) is 87.2 Å². The minimum atomic E-state index is -0.375. The van der Waals surface area contributed by atoms with Gasteiger partial charge in [0, 0.05) is 36.2 Å². The van der Waals surface area contributed by atoms with Crippen molar-refractivity contribution in [3.63, 3.8) is 0 Å². The zero-order valence-corrected chi connectivity index (χ0v) is 22.8. The molecule has 5 rings (SSSR count). The Morgan fingerprint density at radius 2 is 1.84 bits per heavy atom. The first-order valence-corrected chi connectivity index (χ1v) is 13.8. The van der Waals surface area contributed by atoms with Gasteiger partial charge in [-0.1, -0.05) is 53.9 Å². The first-order valence-electron chi connectivity index (χ1n) is 13.0. The van der Waals surface area contributed by atoms with Gasteiger partial charge in [0.1, 0.15) is 11.6 Å². The van der Waals surface area contributed by atoms with Crippen molar-refractivity contribution in [3.8, 4) is 5.75 Å². The maximum absolute atomic E-state index is 13.3. The smallest absolute Gasteiger partial charge is 0.228 e. The number of rotatable bonds is 5. The number of aryl methyl sites for hydroxylation is 1. The molecule has 0 unspecified atom stereocenters. The number of benzene rings is 2. The number of phenols is 1. The molecule has 2 aliphatic rings. The monoisotopic (exact) mass is 537 g/mol. The summed E-state index contributed by atoms with van der Waals surface area (Å²) in [5, 5.41) is 10.9. The maximum atomic E-state index is 13.3. The predicted molar refractivity (Wildman–Crippen MR) is 150 cm³/mol. The third kappa shape index (κ3) is 5.09. The normalized spacial score (nSPS) is 23.7. The number of phenolic OH excluding ortho intramolecular Hbond substituents is 1. The van der Waals surface area contributed by atoms with E-state index in [0.29, 0.717) is 35.2 Å². The van der Waals surface area contributed by atoms with Gasteiger partial charge in [-0.25, -0.2) is 4.98 Å². The maximum Gasteiger partial charge on any atom is 0.228 e. The molecule has 3 atom stereocenters. The van der Waals surface area contributed by atoms with Crippen molar-refractivity contribution >= 4 is 34.9 Å². The van der Waals surface area contributed by atoms with Gasteiger partial charge in [-0.15, -0.1) is 0 Å². The number of amides is 1. The summed E-state index contributed by atoms with van der Waals surface area (Å²) < 4.78 is 0. The van der Waals surface area contributed by atoms with Gasteiger partial charge in [0.2, 0.25) is 5.91 Å². The van der Waals surface area contributed by atoms with Crippen LogP contribution in [0.1, 0.15) is 61.9 Å². The van der Waals surface area contributed by atoms with Crippen molar-refractivity contribution in [3.05, 3.63) is 87.5 Å². The van der Waals surface area contributed by atoms with E-state index in [1.807, 2.05) is 54.3 Å². The van der Waals surface area contributed by atoms with E-state index in [2.05, 4.69) is 17.9 Å². The summed E-state index contributed by atoms with van der Waals surface area (Å²) in [6.45, 7) is 5.72. The molecule has 194 valence electrons. The molecule has 0 saturated carbocycles. The highest BCUT2D eigenvalue weighted by molar-refractivity contribution is 6.42. The molecule has 3 aromatic rings. The van der Waals surface area contributed by atoms with Crippen LogP contribution in [-0.4, -0.2) is 40.0 Å². The Labute approximate surface area is 229 Å². The average Bonchev–Trinajstić information content (AvgIpc) is 2.91. The van der Waals surface area contributed by atoms with E-state index < -0.39 is 0 Å². The Hall–Kier alpha value is -2.60. The number of hydrogen-bond acceptors (Lipinski definition) is 4. The number of carbonyl (C=O) groups excluding carboxylic acids is 1. The zero-order chi connectivity index (χ0) is 26.2. The van der Waals surface area contributed by atoms with E-state index in [-0.39, 0.29) is 29.2 Å². The molecule has 2 aliphatic heterocycles. The number of aromatic hydroxyl groups is 1. The summed E-state index contributed by atoms with van der Waals surface area (Å²) in [5.41, 5.74) is 2.81. The summed E-state index contributed by atoms with van der Waals surface area (Å²) in [7, 11) is 0. The number of likely N-dealkylation sites (tertiary alicyclic amines) is 1. The van der Waals surface area contributed by atoms with Crippen molar-refractivity contribution in [2.75, 3.05) is 18.0 Å². The van der Waals surface area contributed by atoms with Gasteiger partial charge in [-0.3, -0.25) is 14.6 Å². The lowest BCUT2D eigenvalue weighted by molar-refractivity contribution is -0.121. The van der Waals surface area contributed by atoms with Crippen LogP contribution in [0.3, 0.4) is 0 Å². The third-order valence-electron chi connectivity index (χ3n) is 8.29. The fourth-order valence-corrected chi connectivity index (χ4v) is 6.51. The van der Waals surface area contributed by atoms with Crippen LogP contribution in [0, 0.1) is 6.92 Å². The van der Waals surface area contributed by atoms with E-state index >= 15 is 0 Å². The second-order valence-electron chi connectivity index (χ2n) is 10.4. The molecule has 1 amide bonds. The highest BCUT2D eigenvalue weighted by Gasteiger charge is 2.48. The molecule has 5 nitrogen and oxygen atoms in total. The summed E-state index contributed by atoms with van der Waals surface area (Å²) in [4.78, 5) is 22.4. The molecule has 1 N–H and O–H groups in total. The lowest BCUT2D eigenvalue weighted by Crippen LogP contribution is -2.60. The molecule has 0 bridgehead atoms.